The summed E-state index contributed by atoms with van der Waals surface area (Å²) in [5.74, 6) is -0.934. The Morgan fingerprint density at radius 1 is 1.75 bits per heavy atom. The Kier molecular flexibility index (Phi) is 2.65. The fourth-order valence-electron chi connectivity index (χ4n) is 0.774. The molecule has 0 unspecified atom stereocenters. The minimum absolute atomic E-state index is 0.140. The highest BCUT2D eigenvalue weighted by atomic mass is 79.9. The number of anilines is 1. The average molecular weight is 231 g/mol. The molecule has 0 aromatic carbocycles. The summed E-state index contributed by atoms with van der Waals surface area (Å²) in [5.41, 5.74) is 6.30. The molecule has 0 bridgehead atoms. The molecule has 0 atom stereocenters. The van der Waals surface area contributed by atoms with Crippen molar-refractivity contribution in [3.05, 3.63) is 22.4 Å². The maximum atomic E-state index is 10.3. The van der Waals surface area contributed by atoms with Gasteiger partial charge in [-0.05, 0) is 22.0 Å². The van der Waals surface area contributed by atoms with Crippen LogP contribution in [0.15, 0.2) is 16.7 Å². The third-order valence-corrected chi connectivity index (χ3v) is 1.72. The van der Waals surface area contributed by atoms with Crippen molar-refractivity contribution < 1.29 is 9.90 Å². The van der Waals surface area contributed by atoms with Crippen molar-refractivity contribution in [2.24, 2.45) is 0 Å². The molecular weight excluding hydrogens is 224 g/mol. The van der Waals surface area contributed by atoms with E-state index in [0.29, 0.717) is 11.4 Å². The van der Waals surface area contributed by atoms with E-state index in [1.165, 1.54) is 6.20 Å². The van der Waals surface area contributed by atoms with E-state index >= 15 is 0 Å². The van der Waals surface area contributed by atoms with Gasteiger partial charge in [0.05, 0.1) is 17.8 Å². The average Bonchev–Trinajstić information content (AvgIpc) is 1.94. The molecule has 0 aliphatic rings. The highest BCUT2D eigenvalue weighted by Gasteiger charge is 2.05. The molecule has 3 N–H and O–H groups in total. The van der Waals surface area contributed by atoms with Gasteiger partial charge in [-0.25, -0.2) is 0 Å². The number of hydrogen-bond donors (Lipinski definition) is 2. The van der Waals surface area contributed by atoms with E-state index in [4.69, 9.17) is 10.8 Å². The lowest BCUT2D eigenvalue weighted by molar-refractivity contribution is -0.136. The normalized spacial score (nSPS) is 9.75. The minimum atomic E-state index is -0.934. The Balaban J connectivity index is 2.93. The van der Waals surface area contributed by atoms with Crippen LogP contribution in [0.1, 0.15) is 5.69 Å². The Morgan fingerprint density at radius 2 is 2.42 bits per heavy atom. The highest BCUT2D eigenvalue weighted by molar-refractivity contribution is 9.10. The van der Waals surface area contributed by atoms with E-state index in [0.717, 1.165) is 4.47 Å². The number of carbonyl (C=O) groups is 1. The first-order chi connectivity index (χ1) is 5.59. The fraction of sp³-hybridized carbons (Fsp3) is 0.143. The summed E-state index contributed by atoms with van der Waals surface area (Å²) >= 11 is 3.17. The molecule has 1 aromatic heterocycles. The van der Waals surface area contributed by atoms with Crippen molar-refractivity contribution in [3.8, 4) is 0 Å². The van der Waals surface area contributed by atoms with Crippen molar-refractivity contribution in [2.45, 2.75) is 6.42 Å². The molecule has 1 aromatic rings. The van der Waals surface area contributed by atoms with Crippen molar-refractivity contribution in [1.29, 1.82) is 0 Å². The van der Waals surface area contributed by atoms with Gasteiger partial charge in [0.15, 0.2) is 0 Å². The summed E-state index contributed by atoms with van der Waals surface area (Å²) in [7, 11) is 0. The number of carboxylic acid groups (broad SMARTS) is 1. The van der Waals surface area contributed by atoms with Gasteiger partial charge in [0.2, 0.25) is 0 Å². The highest BCUT2D eigenvalue weighted by Crippen LogP contribution is 2.15. The second kappa shape index (κ2) is 3.53. The van der Waals surface area contributed by atoms with Gasteiger partial charge in [-0.15, -0.1) is 0 Å². The maximum absolute atomic E-state index is 10.3. The zero-order valence-electron chi connectivity index (χ0n) is 6.12. The van der Waals surface area contributed by atoms with Gasteiger partial charge < -0.3 is 10.8 Å². The van der Waals surface area contributed by atoms with Crippen LogP contribution >= 0.6 is 15.9 Å². The van der Waals surface area contributed by atoms with Crippen molar-refractivity contribution in [2.75, 3.05) is 5.73 Å². The third kappa shape index (κ3) is 2.20. The molecule has 0 saturated heterocycles. The molecule has 1 heterocycles. The van der Waals surface area contributed by atoms with E-state index < -0.39 is 5.97 Å². The molecular formula is C7H7BrN2O2. The Bertz CT molecular complexity index is 314. The van der Waals surface area contributed by atoms with Crippen LogP contribution < -0.4 is 5.73 Å². The van der Waals surface area contributed by atoms with Crippen molar-refractivity contribution >= 4 is 27.6 Å². The number of nitrogens with two attached hydrogens (primary N) is 1. The van der Waals surface area contributed by atoms with Crippen LogP contribution in [-0.4, -0.2) is 16.1 Å². The van der Waals surface area contributed by atoms with Crippen LogP contribution in [-0.2, 0) is 11.2 Å². The number of nitrogen functional groups attached to an aromatic ring is 1. The van der Waals surface area contributed by atoms with Crippen LogP contribution in [0.3, 0.4) is 0 Å². The summed E-state index contributed by atoms with van der Waals surface area (Å²) < 4.78 is 0.745. The first-order valence-corrected chi connectivity index (χ1v) is 4.00. The molecule has 0 radical (unpaired) electrons. The predicted molar refractivity (Wildman–Crippen MR) is 47.7 cm³/mol. The van der Waals surface area contributed by atoms with Crippen LogP contribution in [0.2, 0.25) is 0 Å². The lowest BCUT2D eigenvalue weighted by atomic mass is 10.2. The monoisotopic (exact) mass is 230 g/mol. The van der Waals surface area contributed by atoms with Gasteiger partial charge in [0.1, 0.15) is 0 Å². The molecule has 0 amide bonds. The first kappa shape index (κ1) is 8.99. The van der Waals surface area contributed by atoms with Crippen LogP contribution in [0.25, 0.3) is 0 Å². The topological polar surface area (TPSA) is 76.2 Å². The zero-order chi connectivity index (χ0) is 9.14. The summed E-state index contributed by atoms with van der Waals surface area (Å²) in [6.07, 6.45) is 1.38. The summed E-state index contributed by atoms with van der Waals surface area (Å²) in [5, 5.41) is 8.45. The van der Waals surface area contributed by atoms with Gasteiger partial charge in [-0.1, -0.05) is 0 Å². The molecule has 0 spiro atoms. The number of pyridine rings is 1. The molecule has 4 nitrogen and oxygen atoms in total. The number of aromatic nitrogens is 1. The number of nitrogens with zero attached hydrogens (tertiary/aromatic N) is 1. The third-order valence-electron chi connectivity index (χ3n) is 1.29. The number of rotatable bonds is 2. The smallest absolute Gasteiger partial charge is 0.309 e. The quantitative estimate of drug-likeness (QED) is 0.797. The van der Waals surface area contributed by atoms with Crippen molar-refractivity contribution in [1.82, 2.24) is 4.98 Å². The Labute approximate surface area is 77.5 Å². The lowest BCUT2D eigenvalue weighted by Gasteiger charge is -2.00. The Morgan fingerprint density at radius 3 is 2.92 bits per heavy atom. The van der Waals surface area contributed by atoms with Gasteiger partial charge in [0, 0.05) is 10.7 Å². The maximum Gasteiger partial charge on any atom is 0.309 e. The number of carboxylic acids is 1. The molecule has 5 heteroatoms. The van der Waals surface area contributed by atoms with Crippen LogP contribution in [0.4, 0.5) is 5.69 Å². The van der Waals surface area contributed by atoms with E-state index in [2.05, 4.69) is 20.9 Å². The predicted octanol–water partition coefficient (Wildman–Crippen LogP) is 1.05. The Hall–Kier alpha value is -1.10. The SMILES string of the molecule is Nc1cc(Br)cnc1CC(=O)O. The van der Waals surface area contributed by atoms with E-state index in [1.54, 1.807) is 6.07 Å². The lowest BCUT2D eigenvalue weighted by Crippen LogP contribution is -2.05. The molecule has 1 rings (SSSR count). The number of halogens is 1. The van der Waals surface area contributed by atoms with E-state index in [9.17, 15) is 4.79 Å². The summed E-state index contributed by atoms with van der Waals surface area (Å²) in [4.78, 5) is 14.2. The van der Waals surface area contributed by atoms with Gasteiger partial charge >= 0.3 is 5.97 Å². The van der Waals surface area contributed by atoms with E-state index in [-0.39, 0.29) is 6.42 Å². The molecule has 12 heavy (non-hydrogen) atoms. The number of hydrogen-bond acceptors (Lipinski definition) is 3. The molecule has 0 aliphatic carbocycles. The summed E-state index contributed by atoms with van der Waals surface area (Å²) in [6, 6.07) is 1.63. The largest absolute Gasteiger partial charge is 0.481 e. The van der Waals surface area contributed by atoms with Gasteiger partial charge in [-0.3, -0.25) is 9.78 Å². The number of aliphatic carboxylic acids is 1. The standard InChI is InChI=1S/C7H7BrN2O2/c8-4-1-5(9)6(10-3-4)2-7(11)12/h1,3H,2,9H2,(H,11,12). The summed E-state index contributed by atoms with van der Waals surface area (Å²) in [6.45, 7) is 0. The molecule has 0 saturated carbocycles. The minimum Gasteiger partial charge on any atom is -0.481 e. The van der Waals surface area contributed by atoms with Crippen LogP contribution in [0.5, 0.6) is 0 Å². The molecule has 64 valence electrons. The van der Waals surface area contributed by atoms with Crippen LogP contribution in [0, 0.1) is 0 Å². The van der Waals surface area contributed by atoms with Gasteiger partial charge in [0.25, 0.3) is 0 Å². The second-order valence-corrected chi connectivity index (χ2v) is 3.18. The van der Waals surface area contributed by atoms with Crippen molar-refractivity contribution in [3.63, 3.8) is 0 Å². The first-order valence-electron chi connectivity index (χ1n) is 3.21. The molecule has 0 aliphatic heterocycles. The van der Waals surface area contributed by atoms with E-state index in [1.807, 2.05) is 0 Å². The van der Waals surface area contributed by atoms with Gasteiger partial charge in [-0.2, -0.15) is 0 Å². The molecule has 0 fully saturated rings. The second-order valence-electron chi connectivity index (χ2n) is 2.26. The zero-order valence-corrected chi connectivity index (χ0v) is 7.71. The fourth-order valence-corrected chi connectivity index (χ4v) is 1.12.